The Kier molecular flexibility index (Phi) is 9.03. The third-order valence-electron chi connectivity index (χ3n) is 10.0. The van der Waals surface area contributed by atoms with Crippen LogP contribution in [-0.2, 0) is 0 Å². The fourth-order valence-electron chi connectivity index (χ4n) is 7.23. The Hall–Kier alpha value is -7.09. The number of benzene rings is 8. The average Bonchev–Trinajstić information content (AvgIpc) is 3.27. The third kappa shape index (κ3) is 7.04. The number of hydrogen-bond donors (Lipinski definition) is 0. The molecular weight excluding hydrogens is 651 g/mol. The second kappa shape index (κ2) is 14.9. The summed E-state index contributed by atoms with van der Waals surface area (Å²) in [5.74, 6) is 0. The Labute approximate surface area is 317 Å². The molecule has 0 amide bonds. The van der Waals surface area contributed by atoms with Gasteiger partial charge in [-0.1, -0.05) is 176 Å². The van der Waals surface area contributed by atoms with Crippen LogP contribution in [0.5, 0.6) is 0 Å². The van der Waals surface area contributed by atoms with E-state index in [9.17, 15) is 0 Å². The first-order valence-electron chi connectivity index (χ1n) is 18.4. The van der Waals surface area contributed by atoms with Crippen molar-refractivity contribution in [2.75, 3.05) is 0 Å². The lowest BCUT2D eigenvalue weighted by atomic mass is 9.91. The maximum absolute atomic E-state index is 5.15. The molecule has 0 N–H and O–H groups in total. The van der Waals surface area contributed by atoms with Gasteiger partial charge >= 0.3 is 0 Å². The van der Waals surface area contributed by atoms with Gasteiger partial charge in [-0.2, -0.15) is 0 Å². The highest BCUT2D eigenvalue weighted by molar-refractivity contribution is 5.86. The molecule has 0 aliphatic heterocycles. The average molecular weight is 688 g/mol. The van der Waals surface area contributed by atoms with Gasteiger partial charge in [0.25, 0.3) is 0 Å². The molecule has 9 aromatic rings. The lowest BCUT2D eigenvalue weighted by Crippen LogP contribution is -1.92. The van der Waals surface area contributed by atoms with Crippen LogP contribution in [0.2, 0.25) is 0 Å². The standard InChI is InChI=1S/C53H37N/c1-5-16-38(17-6-1)42-24-13-25-43(30-42)44-26-14-27-45(31-44)46-28-15-29-47(32-46)49-33-48(39-18-7-2-8-19-39)34-50(35-49)51-36-52(40-20-9-3-10-21-40)54-53(37-51)41-22-11-4-12-23-41/h1-37H. The van der Waals surface area contributed by atoms with E-state index in [1.807, 2.05) is 0 Å². The first-order valence-corrected chi connectivity index (χ1v) is 18.4. The molecule has 9 rings (SSSR count). The number of nitrogens with zero attached hydrogens (tertiary/aromatic N) is 1. The first kappa shape index (κ1) is 32.8. The maximum Gasteiger partial charge on any atom is 0.0715 e. The molecule has 0 aliphatic carbocycles. The number of rotatable bonds is 8. The van der Waals surface area contributed by atoms with Gasteiger partial charge in [0.05, 0.1) is 11.4 Å². The van der Waals surface area contributed by atoms with E-state index in [0.717, 1.165) is 33.6 Å². The molecule has 0 fully saturated rings. The van der Waals surface area contributed by atoms with E-state index in [-0.39, 0.29) is 0 Å². The molecule has 0 unspecified atom stereocenters. The molecule has 54 heavy (non-hydrogen) atoms. The van der Waals surface area contributed by atoms with Crippen LogP contribution in [0.25, 0.3) is 89.3 Å². The second-order valence-corrected chi connectivity index (χ2v) is 13.6. The number of aromatic nitrogens is 1. The normalized spacial score (nSPS) is 11.0. The molecule has 0 saturated heterocycles. The molecular formula is C53H37N. The van der Waals surface area contributed by atoms with E-state index in [1.54, 1.807) is 0 Å². The van der Waals surface area contributed by atoms with Crippen molar-refractivity contribution in [2.24, 2.45) is 0 Å². The van der Waals surface area contributed by atoms with Crippen molar-refractivity contribution in [3.63, 3.8) is 0 Å². The predicted octanol–water partition coefficient (Wildman–Crippen LogP) is 14.4. The summed E-state index contributed by atoms with van der Waals surface area (Å²) in [6, 6.07) is 80.2. The first-order chi connectivity index (χ1) is 26.7. The lowest BCUT2D eigenvalue weighted by molar-refractivity contribution is 1.32. The zero-order valence-electron chi connectivity index (χ0n) is 29.8. The van der Waals surface area contributed by atoms with Gasteiger partial charge in [0.15, 0.2) is 0 Å². The topological polar surface area (TPSA) is 12.9 Å². The van der Waals surface area contributed by atoms with E-state index in [1.165, 1.54) is 55.6 Å². The smallest absolute Gasteiger partial charge is 0.0715 e. The Balaban J connectivity index is 1.14. The van der Waals surface area contributed by atoms with Crippen LogP contribution in [0.3, 0.4) is 0 Å². The molecule has 0 bridgehead atoms. The van der Waals surface area contributed by atoms with Crippen molar-refractivity contribution in [3.05, 3.63) is 224 Å². The van der Waals surface area contributed by atoms with Crippen molar-refractivity contribution < 1.29 is 0 Å². The molecule has 1 heteroatoms. The van der Waals surface area contributed by atoms with Gasteiger partial charge in [0.1, 0.15) is 0 Å². The van der Waals surface area contributed by atoms with Crippen molar-refractivity contribution in [1.82, 2.24) is 4.98 Å². The summed E-state index contributed by atoms with van der Waals surface area (Å²) in [5.41, 5.74) is 18.3. The number of pyridine rings is 1. The fourth-order valence-corrected chi connectivity index (χ4v) is 7.23. The van der Waals surface area contributed by atoms with Gasteiger partial charge in [-0.25, -0.2) is 4.98 Å². The Morgan fingerprint density at radius 3 is 0.778 bits per heavy atom. The summed E-state index contributed by atoms with van der Waals surface area (Å²) in [6.45, 7) is 0. The monoisotopic (exact) mass is 687 g/mol. The van der Waals surface area contributed by atoms with Gasteiger partial charge in [0, 0.05) is 11.1 Å². The van der Waals surface area contributed by atoms with Crippen molar-refractivity contribution >= 4 is 0 Å². The van der Waals surface area contributed by atoms with Crippen LogP contribution >= 0.6 is 0 Å². The van der Waals surface area contributed by atoms with Crippen LogP contribution in [0.4, 0.5) is 0 Å². The Morgan fingerprint density at radius 2 is 0.389 bits per heavy atom. The van der Waals surface area contributed by atoms with Gasteiger partial charge in [-0.15, -0.1) is 0 Å². The Morgan fingerprint density at radius 1 is 0.167 bits per heavy atom. The SMILES string of the molecule is c1ccc(-c2cccc(-c3cccc(-c4cccc(-c5cc(-c6ccccc6)cc(-c6cc(-c7ccccc7)nc(-c7ccccc7)c6)c5)c4)c3)c2)cc1. The zero-order chi connectivity index (χ0) is 36.1. The third-order valence-corrected chi connectivity index (χ3v) is 10.0. The summed E-state index contributed by atoms with van der Waals surface area (Å²) < 4.78 is 0. The summed E-state index contributed by atoms with van der Waals surface area (Å²) in [5, 5.41) is 0. The van der Waals surface area contributed by atoms with Crippen molar-refractivity contribution in [2.45, 2.75) is 0 Å². The Bertz CT molecular complexity index is 2620. The molecule has 0 aliphatic rings. The lowest BCUT2D eigenvalue weighted by Gasteiger charge is -2.15. The fraction of sp³-hybridized carbons (Fsp3) is 0. The minimum absolute atomic E-state index is 0.954. The van der Waals surface area contributed by atoms with Crippen molar-refractivity contribution in [3.8, 4) is 89.3 Å². The molecule has 8 aromatic carbocycles. The van der Waals surface area contributed by atoms with Gasteiger partial charge in [0.2, 0.25) is 0 Å². The zero-order valence-corrected chi connectivity index (χ0v) is 29.8. The van der Waals surface area contributed by atoms with E-state index >= 15 is 0 Å². The van der Waals surface area contributed by atoms with Crippen LogP contribution in [0.1, 0.15) is 0 Å². The molecule has 0 atom stereocenters. The molecule has 254 valence electrons. The number of hydrogen-bond acceptors (Lipinski definition) is 1. The highest BCUT2D eigenvalue weighted by Crippen LogP contribution is 2.37. The van der Waals surface area contributed by atoms with E-state index in [0.29, 0.717) is 0 Å². The largest absolute Gasteiger partial charge is 0.248 e. The maximum atomic E-state index is 5.15. The molecule has 1 heterocycles. The summed E-state index contributed by atoms with van der Waals surface area (Å²) in [4.78, 5) is 5.15. The highest BCUT2D eigenvalue weighted by atomic mass is 14.7. The van der Waals surface area contributed by atoms with Gasteiger partial charge in [-0.05, 0) is 115 Å². The minimum Gasteiger partial charge on any atom is -0.248 e. The predicted molar refractivity (Wildman–Crippen MR) is 228 cm³/mol. The summed E-state index contributed by atoms with van der Waals surface area (Å²) >= 11 is 0. The van der Waals surface area contributed by atoms with Gasteiger partial charge in [-0.3, -0.25) is 0 Å². The van der Waals surface area contributed by atoms with Crippen LogP contribution < -0.4 is 0 Å². The summed E-state index contributed by atoms with van der Waals surface area (Å²) in [7, 11) is 0. The van der Waals surface area contributed by atoms with E-state index in [2.05, 4.69) is 224 Å². The van der Waals surface area contributed by atoms with E-state index in [4.69, 9.17) is 4.98 Å². The van der Waals surface area contributed by atoms with Crippen LogP contribution in [-0.4, -0.2) is 4.98 Å². The quantitative estimate of drug-likeness (QED) is 0.155. The summed E-state index contributed by atoms with van der Waals surface area (Å²) in [6.07, 6.45) is 0. The molecule has 0 saturated carbocycles. The highest BCUT2D eigenvalue weighted by Gasteiger charge is 2.13. The van der Waals surface area contributed by atoms with Crippen LogP contribution in [0.15, 0.2) is 224 Å². The van der Waals surface area contributed by atoms with Gasteiger partial charge < -0.3 is 0 Å². The van der Waals surface area contributed by atoms with Crippen LogP contribution in [0, 0.1) is 0 Å². The molecule has 0 radical (unpaired) electrons. The second-order valence-electron chi connectivity index (χ2n) is 13.6. The van der Waals surface area contributed by atoms with E-state index < -0.39 is 0 Å². The minimum atomic E-state index is 0.954. The molecule has 0 spiro atoms. The van der Waals surface area contributed by atoms with Crippen molar-refractivity contribution in [1.29, 1.82) is 0 Å². The molecule has 1 nitrogen and oxygen atoms in total. The molecule has 1 aromatic heterocycles.